The molecule has 1 atom stereocenters. The summed E-state index contributed by atoms with van der Waals surface area (Å²) in [4.78, 5) is 14.2. The number of hydrogen-bond donors (Lipinski definition) is 1. The quantitative estimate of drug-likeness (QED) is 0.788. The van der Waals surface area contributed by atoms with Gasteiger partial charge in [-0.1, -0.05) is 24.3 Å². The highest BCUT2D eigenvalue weighted by Gasteiger charge is 2.41. The molecule has 0 saturated carbocycles. The maximum absolute atomic E-state index is 13.8. The van der Waals surface area contributed by atoms with E-state index in [0.29, 0.717) is 25.6 Å². The zero-order valence-electron chi connectivity index (χ0n) is 16.4. The number of rotatable bonds is 3. The molecule has 0 aromatic heterocycles. The highest BCUT2D eigenvalue weighted by molar-refractivity contribution is 5.89. The summed E-state index contributed by atoms with van der Waals surface area (Å²) in [6, 6.07) is 12.6. The number of urea groups is 1. The van der Waals surface area contributed by atoms with E-state index in [1.807, 2.05) is 12.1 Å². The summed E-state index contributed by atoms with van der Waals surface area (Å²) in [6.45, 7) is 1.89. The van der Waals surface area contributed by atoms with Crippen LogP contribution < -0.4 is 5.32 Å². The number of para-hydroxylation sites is 1. The van der Waals surface area contributed by atoms with Crippen LogP contribution in [0.5, 0.6) is 0 Å². The fraction of sp³-hybridized carbons (Fsp3) is 0.435. The van der Waals surface area contributed by atoms with Gasteiger partial charge in [-0.25, -0.2) is 13.6 Å². The van der Waals surface area contributed by atoms with Crippen LogP contribution in [0.1, 0.15) is 31.2 Å². The predicted molar refractivity (Wildman–Crippen MR) is 108 cm³/mol. The van der Waals surface area contributed by atoms with Crippen molar-refractivity contribution in [2.75, 3.05) is 25.0 Å². The van der Waals surface area contributed by atoms with Gasteiger partial charge in [0.25, 0.3) is 0 Å². The van der Waals surface area contributed by atoms with Gasteiger partial charge in [-0.3, -0.25) is 0 Å². The van der Waals surface area contributed by atoms with Gasteiger partial charge in [0.15, 0.2) is 0 Å². The van der Waals surface area contributed by atoms with Crippen LogP contribution in [0.3, 0.4) is 0 Å². The number of carbonyl (C=O) groups is 1. The molecule has 0 aliphatic carbocycles. The van der Waals surface area contributed by atoms with Crippen molar-refractivity contribution in [2.24, 2.45) is 5.92 Å². The summed E-state index contributed by atoms with van der Waals surface area (Å²) in [5.41, 5.74) is 1.15. The number of carbonyl (C=O) groups excluding carboxylic acids is 1. The lowest BCUT2D eigenvalue weighted by Crippen LogP contribution is -2.51. The van der Waals surface area contributed by atoms with Crippen molar-refractivity contribution >= 4 is 11.7 Å². The van der Waals surface area contributed by atoms with E-state index >= 15 is 0 Å². The Labute approximate surface area is 169 Å². The van der Waals surface area contributed by atoms with Crippen molar-refractivity contribution in [1.29, 1.82) is 0 Å². The summed E-state index contributed by atoms with van der Waals surface area (Å²) < 4.78 is 33.1. The average molecular weight is 400 g/mol. The SMILES string of the molecule is O=C(Nc1ccccc1F)N1CCC2(CC1)CC(Cc1ccc(F)cc1)CCO2. The molecular formula is C23H26F2N2O2. The number of benzene rings is 2. The van der Waals surface area contributed by atoms with Crippen LogP contribution >= 0.6 is 0 Å². The van der Waals surface area contributed by atoms with Crippen LogP contribution in [0.25, 0.3) is 0 Å². The van der Waals surface area contributed by atoms with Crippen molar-refractivity contribution in [3.63, 3.8) is 0 Å². The van der Waals surface area contributed by atoms with Crippen molar-refractivity contribution < 1.29 is 18.3 Å². The summed E-state index contributed by atoms with van der Waals surface area (Å²) in [7, 11) is 0. The first-order chi connectivity index (χ1) is 14.0. The second kappa shape index (κ2) is 8.49. The lowest BCUT2D eigenvalue weighted by atomic mass is 9.77. The topological polar surface area (TPSA) is 41.6 Å². The molecule has 2 fully saturated rings. The molecule has 2 amide bonds. The highest BCUT2D eigenvalue weighted by Crippen LogP contribution is 2.39. The molecule has 0 bridgehead atoms. The molecule has 4 rings (SSSR count). The zero-order valence-corrected chi connectivity index (χ0v) is 16.4. The van der Waals surface area contributed by atoms with Gasteiger partial charge in [0.1, 0.15) is 11.6 Å². The highest BCUT2D eigenvalue weighted by atomic mass is 19.1. The fourth-order valence-corrected chi connectivity index (χ4v) is 4.48. The van der Waals surface area contributed by atoms with E-state index in [0.717, 1.165) is 37.7 Å². The first-order valence-corrected chi connectivity index (χ1v) is 10.2. The van der Waals surface area contributed by atoms with Crippen LogP contribution in [0.4, 0.5) is 19.3 Å². The predicted octanol–water partition coefficient (Wildman–Crippen LogP) is 5.00. The van der Waals surface area contributed by atoms with Gasteiger partial charge in [-0.2, -0.15) is 0 Å². The van der Waals surface area contributed by atoms with Gasteiger partial charge in [-0.05, 0) is 67.9 Å². The maximum Gasteiger partial charge on any atom is 0.321 e. The Morgan fingerprint density at radius 2 is 1.83 bits per heavy atom. The molecule has 1 N–H and O–H groups in total. The van der Waals surface area contributed by atoms with Crippen LogP contribution in [-0.4, -0.2) is 36.2 Å². The number of anilines is 1. The van der Waals surface area contributed by atoms with Gasteiger partial charge in [0, 0.05) is 19.7 Å². The third-order valence-corrected chi connectivity index (χ3v) is 6.11. The van der Waals surface area contributed by atoms with Gasteiger partial charge < -0.3 is 15.0 Å². The van der Waals surface area contributed by atoms with E-state index in [4.69, 9.17) is 4.74 Å². The van der Waals surface area contributed by atoms with Crippen molar-refractivity contribution in [3.05, 3.63) is 65.7 Å². The second-order valence-corrected chi connectivity index (χ2v) is 8.12. The van der Waals surface area contributed by atoms with Crippen molar-refractivity contribution in [2.45, 2.75) is 37.7 Å². The molecular weight excluding hydrogens is 374 g/mol. The smallest absolute Gasteiger partial charge is 0.321 e. The molecule has 2 aromatic rings. The summed E-state index contributed by atoms with van der Waals surface area (Å²) >= 11 is 0. The Kier molecular flexibility index (Phi) is 5.81. The monoisotopic (exact) mass is 400 g/mol. The van der Waals surface area contributed by atoms with E-state index in [9.17, 15) is 13.6 Å². The molecule has 1 spiro atoms. The van der Waals surface area contributed by atoms with E-state index in [1.54, 1.807) is 23.1 Å². The summed E-state index contributed by atoms with van der Waals surface area (Å²) in [5, 5.41) is 2.66. The molecule has 2 aliphatic heterocycles. The van der Waals surface area contributed by atoms with E-state index in [1.165, 1.54) is 18.2 Å². The number of amides is 2. The normalized spacial score (nSPS) is 21.2. The van der Waals surface area contributed by atoms with Gasteiger partial charge in [0.05, 0.1) is 11.3 Å². The minimum absolute atomic E-state index is 0.197. The lowest BCUT2D eigenvalue weighted by Gasteiger charge is -2.46. The second-order valence-electron chi connectivity index (χ2n) is 8.12. The third-order valence-electron chi connectivity index (χ3n) is 6.11. The standard InChI is InChI=1S/C23H26F2N2O2/c24-19-7-5-17(6-8-19)15-18-9-14-29-23(16-18)10-12-27(13-11-23)22(28)26-21-4-2-1-3-20(21)25/h1-8,18H,9-16H2,(H,26,28). The molecule has 2 saturated heterocycles. The number of halogens is 2. The molecule has 0 radical (unpaired) electrons. The number of hydrogen-bond acceptors (Lipinski definition) is 2. The van der Waals surface area contributed by atoms with Gasteiger partial charge in [0.2, 0.25) is 0 Å². The third kappa shape index (κ3) is 4.75. The van der Waals surface area contributed by atoms with Crippen LogP contribution in [-0.2, 0) is 11.2 Å². The van der Waals surface area contributed by atoms with E-state index < -0.39 is 5.82 Å². The molecule has 2 heterocycles. The molecule has 154 valence electrons. The summed E-state index contributed by atoms with van der Waals surface area (Å²) in [5.74, 6) is -0.153. The van der Waals surface area contributed by atoms with Crippen molar-refractivity contribution in [3.8, 4) is 0 Å². The minimum atomic E-state index is -0.437. The number of piperidine rings is 1. The lowest BCUT2D eigenvalue weighted by molar-refractivity contribution is -0.122. The Bertz CT molecular complexity index is 848. The van der Waals surface area contributed by atoms with Crippen LogP contribution in [0.15, 0.2) is 48.5 Å². The molecule has 29 heavy (non-hydrogen) atoms. The zero-order chi connectivity index (χ0) is 20.3. The number of ether oxygens (including phenoxy) is 1. The summed E-state index contributed by atoms with van der Waals surface area (Å²) in [6.07, 6.45) is 4.42. The Balaban J connectivity index is 1.32. The number of nitrogens with one attached hydrogen (secondary N) is 1. The number of nitrogens with zero attached hydrogens (tertiary/aromatic N) is 1. The fourth-order valence-electron chi connectivity index (χ4n) is 4.48. The van der Waals surface area contributed by atoms with Crippen LogP contribution in [0.2, 0.25) is 0 Å². The molecule has 4 nitrogen and oxygen atoms in total. The van der Waals surface area contributed by atoms with Crippen LogP contribution in [0, 0.1) is 17.6 Å². The Morgan fingerprint density at radius 1 is 1.10 bits per heavy atom. The first kappa shape index (κ1) is 19.8. The van der Waals surface area contributed by atoms with E-state index in [-0.39, 0.29) is 23.1 Å². The Morgan fingerprint density at radius 3 is 2.55 bits per heavy atom. The largest absolute Gasteiger partial charge is 0.375 e. The molecule has 2 aromatic carbocycles. The van der Waals surface area contributed by atoms with Crippen molar-refractivity contribution in [1.82, 2.24) is 4.90 Å². The van der Waals surface area contributed by atoms with E-state index in [2.05, 4.69) is 5.32 Å². The van der Waals surface area contributed by atoms with Gasteiger partial charge >= 0.3 is 6.03 Å². The Hall–Kier alpha value is -2.47. The minimum Gasteiger partial charge on any atom is -0.375 e. The number of likely N-dealkylation sites (tertiary alicyclic amines) is 1. The molecule has 2 aliphatic rings. The maximum atomic E-state index is 13.8. The first-order valence-electron chi connectivity index (χ1n) is 10.2. The van der Waals surface area contributed by atoms with Gasteiger partial charge in [-0.15, -0.1) is 0 Å². The average Bonchev–Trinajstić information content (AvgIpc) is 2.72. The molecule has 6 heteroatoms. The molecule has 1 unspecified atom stereocenters.